The van der Waals surface area contributed by atoms with Crippen molar-refractivity contribution in [3.05, 3.63) is 62.6 Å². The number of carbonyl (C=O) groups is 1. The molecule has 0 bridgehead atoms. The predicted octanol–water partition coefficient (Wildman–Crippen LogP) is 5.36. The molecule has 0 aliphatic heterocycles. The van der Waals surface area contributed by atoms with Crippen LogP contribution in [0, 0.1) is 18.3 Å². The van der Waals surface area contributed by atoms with Gasteiger partial charge in [-0.25, -0.2) is 0 Å². The molecule has 1 N–H and O–H groups in total. The van der Waals surface area contributed by atoms with Gasteiger partial charge in [-0.1, -0.05) is 39.7 Å². The molecule has 25 heavy (non-hydrogen) atoms. The fourth-order valence-electron chi connectivity index (χ4n) is 2.19. The SMILES string of the molecule is CCOc1ccc(Br)cc1/C=C(\C#N)C(=O)Nc1c(C)cccc1Cl. The zero-order chi connectivity index (χ0) is 18.4. The molecule has 0 heterocycles. The molecule has 128 valence electrons. The Bertz CT molecular complexity index is 852. The van der Waals surface area contributed by atoms with Crippen LogP contribution >= 0.6 is 27.5 Å². The van der Waals surface area contributed by atoms with E-state index in [0.29, 0.717) is 28.6 Å². The van der Waals surface area contributed by atoms with Gasteiger partial charge < -0.3 is 10.1 Å². The summed E-state index contributed by atoms with van der Waals surface area (Å²) in [7, 11) is 0. The summed E-state index contributed by atoms with van der Waals surface area (Å²) in [6, 6.07) is 12.6. The first kappa shape index (κ1) is 19.0. The second-order valence-electron chi connectivity index (χ2n) is 5.17. The van der Waals surface area contributed by atoms with Gasteiger partial charge in [-0.15, -0.1) is 0 Å². The minimum Gasteiger partial charge on any atom is -0.493 e. The van der Waals surface area contributed by atoms with Gasteiger partial charge in [-0.3, -0.25) is 4.79 Å². The van der Waals surface area contributed by atoms with Gasteiger partial charge in [0.25, 0.3) is 5.91 Å². The molecular weight excluding hydrogens is 404 g/mol. The predicted molar refractivity (Wildman–Crippen MR) is 104 cm³/mol. The van der Waals surface area contributed by atoms with Crippen LogP contribution in [0.3, 0.4) is 0 Å². The van der Waals surface area contributed by atoms with E-state index in [-0.39, 0.29) is 5.57 Å². The Morgan fingerprint density at radius 1 is 1.40 bits per heavy atom. The van der Waals surface area contributed by atoms with E-state index in [1.807, 2.05) is 32.0 Å². The van der Waals surface area contributed by atoms with Gasteiger partial charge in [0.1, 0.15) is 17.4 Å². The molecule has 0 atom stereocenters. The monoisotopic (exact) mass is 418 g/mol. The number of carbonyl (C=O) groups excluding carboxylic acids is 1. The highest BCUT2D eigenvalue weighted by molar-refractivity contribution is 9.10. The Morgan fingerprint density at radius 3 is 2.80 bits per heavy atom. The summed E-state index contributed by atoms with van der Waals surface area (Å²) < 4.78 is 6.37. The quantitative estimate of drug-likeness (QED) is 0.524. The maximum Gasteiger partial charge on any atom is 0.266 e. The van der Waals surface area contributed by atoms with Crippen LogP contribution in [0.1, 0.15) is 18.1 Å². The Kier molecular flexibility index (Phi) is 6.63. The van der Waals surface area contributed by atoms with Gasteiger partial charge in [-0.2, -0.15) is 5.26 Å². The number of benzene rings is 2. The summed E-state index contributed by atoms with van der Waals surface area (Å²) >= 11 is 9.51. The van der Waals surface area contributed by atoms with Crippen LogP contribution in [0.15, 0.2) is 46.4 Å². The molecule has 2 rings (SSSR count). The van der Waals surface area contributed by atoms with Gasteiger partial charge >= 0.3 is 0 Å². The van der Waals surface area contributed by atoms with Crippen molar-refractivity contribution >= 4 is 45.2 Å². The number of nitriles is 1. The van der Waals surface area contributed by atoms with Crippen molar-refractivity contribution in [3.63, 3.8) is 0 Å². The van der Waals surface area contributed by atoms with Crippen LogP contribution in [0.2, 0.25) is 5.02 Å². The Morgan fingerprint density at radius 2 is 2.16 bits per heavy atom. The number of aryl methyl sites for hydroxylation is 1. The van der Waals surface area contributed by atoms with E-state index in [0.717, 1.165) is 10.0 Å². The molecule has 4 nitrogen and oxygen atoms in total. The van der Waals surface area contributed by atoms with Crippen molar-refractivity contribution in [1.82, 2.24) is 0 Å². The minimum absolute atomic E-state index is 0.0432. The minimum atomic E-state index is -0.527. The smallest absolute Gasteiger partial charge is 0.266 e. The molecule has 0 aromatic heterocycles. The number of anilines is 1. The number of hydrogen-bond donors (Lipinski definition) is 1. The molecule has 6 heteroatoms. The Hall–Kier alpha value is -2.29. The molecule has 0 radical (unpaired) electrons. The van der Waals surface area contributed by atoms with E-state index in [4.69, 9.17) is 16.3 Å². The number of rotatable bonds is 5. The molecule has 0 aliphatic carbocycles. The molecule has 0 saturated heterocycles. The number of halogens is 2. The number of nitrogens with zero attached hydrogens (tertiary/aromatic N) is 1. The molecule has 2 aromatic carbocycles. The molecule has 0 unspecified atom stereocenters. The largest absolute Gasteiger partial charge is 0.493 e. The number of hydrogen-bond acceptors (Lipinski definition) is 3. The average molecular weight is 420 g/mol. The van der Waals surface area contributed by atoms with Crippen molar-refractivity contribution in [2.45, 2.75) is 13.8 Å². The topological polar surface area (TPSA) is 62.1 Å². The highest BCUT2D eigenvalue weighted by Crippen LogP contribution is 2.28. The highest BCUT2D eigenvalue weighted by atomic mass is 79.9. The van der Waals surface area contributed by atoms with Gasteiger partial charge in [0, 0.05) is 10.0 Å². The van der Waals surface area contributed by atoms with E-state index in [1.165, 1.54) is 6.08 Å². The summed E-state index contributed by atoms with van der Waals surface area (Å²) in [5.74, 6) is 0.0706. The lowest BCUT2D eigenvalue weighted by atomic mass is 10.1. The summed E-state index contributed by atoms with van der Waals surface area (Å²) in [4.78, 5) is 12.5. The van der Waals surface area contributed by atoms with Gasteiger partial charge in [0.2, 0.25) is 0 Å². The molecule has 0 saturated carbocycles. The van der Waals surface area contributed by atoms with Crippen molar-refractivity contribution in [2.75, 3.05) is 11.9 Å². The summed E-state index contributed by atoms with van der Waals surface area (Å²) in [6.45, 7) is 4.18. The van der Waals surface area contributed by atoms with Crippen molar-refractivity contribution in [2.24, 2.45) is 0 Å². The van der Waals surface area contributed by atoms with E-state index in [1.54, 1.807) is 24.3 Å². The first-order valence-corrected chi connectivity index (χ1v) is 8.74. The van der Waals surface area contributed by atoms with Crippen LogP contribution < -0.4 is 10.1 Å². The maximum atomic E-state index is 12.5. The fourth-order valence-corrected chi connectivity index (χ4v) is 2.84. The van der Waals surface area contributed by atoms with Gasteiger partial charge in [0.05, 0.1) is 17.3 Å². The third-order valence-electron chi connectivity index (χ3n) is 3.40. The molecular formula is C19H16BrClN2O2. The average Bonchev–Trinajstić information content (AvgIpc) is 2.58. The number of para-hydroxylation sites is 1. The third kappa shape index (κ3) is 4.85. The maximum absolute atomic E-state index is 12.5. The summed E-state index contributed by atoms with van der Waals surface area (Å²) in [6.07, 6.45) is 1.50. The number of nitrogens with one attached hydrogen (secondary N) is 1. The summed E-state index contributed by atoms with van der Waals surface area (Å²) in [5, 5.41) is 12.5. The van der Waals surface area contributed by atoms with Crippen LogP contribution in [0.4, 0.5) is 5.69 Å². The first-order chi connectivity index (χ1) is 12.0. The molecule has 0 fully saturated rings. The van der Waals surface area contributed by atoms with Crippen LogP contribution in [-0.2, 0) is 4.79 Å². The zero-order valence-electron chi connectivity index (χ0n) is 13.8. The van der Waals surface area contributed by atoms with E-state index < -0.39 is 5.91 Å². The van der Waals surface area contributed by atoms with Gasteiger partial charge in [-0.05, 0) is 49.8 Å². The molecule has 1 amide bonds. The van der Waals surface area contributed by atoms with Gasteiger partial charge in [0.15, 0.2) is 0 Å². The van der Waals surface area contributed by atoms with Crippen molar-refractivity contribution in [3.8, 4) is 11.8 Å². The fraction of sp³-hybridized carbons (Fsp3) is 0.158. The number of ether oxygens (including phenoxy) is 1. The van der Waals surface area contributed by atoms with E-state index in [2.05, 4.69) is 21.2 Å². The Labute approximate surface area is 160 Å². The van der Waals surface area contributed by atoms with Crippen molar-refractivity contribution < 1.29 is 9.53 Å². The standard InChI is InChI=1S/C19H16BrClN2O2/c1-3-25-17-8-7-15(20)10-13(17)9-14(11-22)19(24)23-18-12(2)5-4-6-16(18)21/h4-10H,3H2,1-2H3,(H,23,24)/b14-9+. The molecule has 2 aromatic rings. The summed E-state index contributed by atoms with van der Waals surface area (Å²) in [5.41, 5.74) is 1.90. The van der Waals surface area contributed by atoms with Crippen LogP contribution in [0.5, 0.6) is 5.75 Å². The second-order valence-corrected chi connectivity index (χ2v) is 6.49. The lowest BCUT2D eigenvalue weighted by molar-refractivity contribution is -0.112. The number of amides is 1. The lowest BCUT2D eigenvalue weighted by Crippen LogP contribution is -2.14. The molecule has 0 spiro atoms. The highest BCUT2D eigenvalue weighted by Gasteiger charge is 2.14. The van der Waals surface area contributed by atoms with E-state index in [9.17, 15) is 10.1 Å². The zero-order valence-corrected chi connectivity index (χ0v) is 16.1. The van der Waals surface area contributed by atoms with Crippen LogP contribution in [-0.4, -0.2) is 12.5 Å². The third-order valence-corrected chi connectivity index (χ3v) is 4.21. The first-order valence-electron chi connectivity index (χ1n) is 7.57. The van der Waals surface area contributed by atoms with E-state index >= 15 is 0 Å². The lowest BCUT2D eigenvalue weighted by Gasteiger charge is -2.11. The van der Waals surface area contributed by atoms with Crippen molar-refractivity contribution in [1.29, 1.82) is 5.26 Å². The molecule has 0 aliphatic rings. The van der Waals surface area contributed by atoms with Crippen LogP contribution in [0.25, 0.3) is 6.08 Å². The Balaban J connectivity index is 2.36. The second kappa shape index (κ2) is 8.70. The normalized spacial score (nSPS) is 10.9.